The molecule has 216 valence electrons. The van der Waals surface area contributed by atoms with Gasteiger partial charge in [-0.25, -0.2) is 8.78 Å². The average molecular weight is 544 g/mol. The Labute approximate surface area is 223 Å². The molecule has 3 heterocycles. The Morgan fingerprint density at radius 3 is 2.42 bits per heavy atom. The highest BCUT2D eigenvalue weighted by molar-refractivity contribution is 5.83. The van der Waals surface area contributed by atoms with Gasteiger partial charge in [0.2, 0.25) is 23.6 Å². The average Bonchev–Trinajstić information content (AvgIpc) is 3.29. The third-order valence-electron chi connectivity index (χ3n) is 8.36. The summed E-state index contributed by atoms with van der Waals surface area (Å²) in [6, 6.07) is -0.846. The highest BCUT2D eigenvalue weighted by atomic mass is 19.3. The molecule has 0 aromatic heterocycles. The Balaban J connectivity index is 1.40. The number of hydrogen-bond donors (Lipinski definition) is 4. The monoisotopic (exact) mass is 543 g/mol. The van der Waals surface area contributed by atoms with Gasteiger partial charge >= 0.3 is 0 Å². The van der Waals surface area contributed by atoms with Crippen molar-refractivity contribution in [1.82, 2.24) is 26.2 Å². The number of rotatable bonds is 1. The van der Waals surface area contributed by atoms with Gasteiger partial charge in [-0.2, -0.15) is 0 Å². The number of piperidine rings is 1. The van der Waals surface area contributed by atoms with Crippen LogP contribution in [0.5, 0.6) is 0 Å². The summed E-state index contributed by atoms with van der Waals surface area (Å²) in [5, 5.41) is 12.3. The minimum atomic E-state index is -2.65. The van der Waals surface area contributed by atoms with Crippen molar-refractivity contribution in [3.05, 3.63) is 0 Å². The van der Waals surface area contributed by atoms with Crippen LogP contribution in [0.4, 0.5) is 8.78 Å². The zero-order chi connectivity index (χ0) is 27.0. The molecule has 4 rings (SSSR count). The van der Waals surface area contributed by atoms with Crippen molar-refractivity contribution in [2.24, 2.45) is 11.8 Å². The van der Waals surface area contributed by atoms with Gasteiger partial charge in [-0.1, -0.05) is 0 Å². The molecule has 4 N–H and O–H groups in total. The smallest absolute Gasteiger partial charge is 0.248 e. The summed E-state index contributed by atoms with van der Waals surface area (Å²) in [6.07, 6.45) is 2.83. The van der Waals surface area contributed by atoms with Crippen LogP contribution in [0.15, 0.2) is 0 Å². The fraction of sp³-hybridized carbons (Fsp3) is 0.885. The number of carbonyl (C=O) groups is 3. The van der Waals surface area contributed by atoms with E-state index in [4.69, 9.17) is 9.47 Å². The molecule has 1 saturated carbocycles. The summed E-state index contributed by atoms with van der Waals surface area (Å²) < 4.78 is 38.5. The van der Waals surface area contributed by atoms with Crippen molar-refractivity contribution in [1.29, 1.82) is 0 Å². The number of hydrogen-bond acceptors (Lipinski definition) is 7. The second kappa shape index (κ2) is 14.0. The van der Waals surface area contributed by atoms with Gasteiger partial charge in [0.25, 0.3) is 0 Å². The molecule has 0 aromatic rings. The SMILES string of the molecule is O=C1C[C@@H]2CCNC[C@@H]2CCNC(=O)[C@H]2C[C@H](CN2C2CCC(F)(F)CC2)NC(=O)COCCOCCN1. The van der Waals surface area contributed by atoms with Gasteiger partial charge in [-0.15, -0.1) is 0 Å². The number of nitrogens with one attached hydrogen (secondary N) is 4. The summed E-state index contributed by atoms with van der Waals surface area (Å²) >= 11 is 0. The first kappa shape index (κ1) is 29.1. The Kier molecular flexibility index (Phi) is 10.7. The van der Waals surface area contributed by atoms with Crippen molar-refractivity contribution in [2.75, 3.05) is 59.2 Å². The fourth-order valence-electron chi connectivity index (χ4n) is 6.29. The van der Waals surface area contributed by atoms with E-state index in [1.807, 2.05) is 4.90 Å². The highest BCUT2D eigenvalue weighted by Gasteiger charge is 2.44. The number of amides is 3. The molecule has 0 spiro atoms. The number of ether oxygens (including phenoxy) is 2. The molecular formula is C26H43F2N5O5. The summed E-state index contributed by atoms with van der Waals surface area (Å²) in [4.78, 5) is 40.3. The van der Waals surface area contributed by atoms with Crippen LogP contribution in [0.25, 0.3) is 0 Å². The lowest BCUT2D eigenvalue weighted by Crippen LogP contribution is -2.50. The normalized spacial score (nSPS) is 33.8. The van der Waals surface area contributed by atoms with E-state index in [9.17, 15) is 23.2 Å². The van der Waals surface area contributed by atoms with Crippen LogP contribution in [0.1, 0.15) is 51.4 Å². The first-order valence-corrected chi connectivity index (χ1v) is 14.1. The lowest BCUT2D eigenvalue weighted by molar-refractivity contribution is -0.128. The number of carbonyl (C=O) groups excluding carboxylic acids is 3. The van der Waals surface area contributed by atoms with Gasteiger partial charge < -0.3 is 30.7 Å². The lowest BCUT2D eigenvalue weighted by atomic mass is 9.81. The minimum Gasteiger partial charge on any atom is -0.377 e. The predicted octanol–water partition coefficient (Wildman–Crippen LogP) is 0.409. The topological polar surface area (TPSA) is 121 Å². The largest absolute Gasteiger partial charge is 0.377 e. The third-order valence-corrected chi connectivity index (χ3v) is 8.36. The van der Waals surface area contributed by atoms with E-state index in [1.165, 1.54) is 0 Å². The zero-order valence-corrected chi connectivity index (χ0v) is 22.2. The Morgan fingerprint density at radius 1 is 0.842 bits per heavy atom. The van der Waals surface area contributed by atoms with Crippen LogP contribution in [0.2, 0.25) is 0 Å². The number of likely N-dealkylation sites (tertiary alicyclic amines) is 1. The standard InChI is InChI=1S/C26H43F2N5O5/c27-26(28)5-1-21(2-6-26)33-16-20-14-22(33)25(36)31-8-4-19-15-29-7-3-18(19)13-23(34)30-9-10-37-11-12-38-17-24(35)32-20/h18-22,29H,1-17H2,(H,30,34)(H,31,36)(H,32,35)/t18-,19-,20+,22+/m0/s1. The molecular weight excluding hydrogens is 500 g/mol. The van der Waals surface area contributed by atoms with Crippen LogP contribution in [-0.2, 0) is 23.9 Å². The van der Waals surface area contributed by atoms with E-state index >= 15 is 0 Å². The molecule has 2 bridgehead atoms. The molecule has 3 saturated heterocycles. The number of halogens is 2. The van der Waals surface area contributed by atoms with E-state index < -0.39 is 12.0 Å². The number of nitrogens with zero attached hydrogens (tertiary/aromatic N) is 1. The predicted molar refractivity (Wildman–Crippen MR) is 136 cm³/mol. The highest BCUT2D eigenvalue weighted by Crippen LogP contribution is 2.37. The molecule has 4 fully saturated rings. The Morgan fingerprint density at radius 2 is 1.61 bits per heavy atom. The lowest BCUT2D eigenvalue weighted by Gasteiger charge is -2.37. The van der Waals surface area contributed by atoms with Gasteiger partial charge in [0.05, 0.1) is 25.9 Å². The Bertz CT molecular complexity index is 809. The molecule has 10 nitrogen and oxygen atoms in total. The van der Waals surface area contributed by atoms with Crippen LogP contribution in [-0.4, -0.2) is 106 Å². The van der Waals surface area contributed by atoms with Crippen LogP contribution in [0, 0.1) is 11.8 Å². The van der Waals surface area contributed by atoms with E-state index in [0.29, 0.717) is 58.5 Å². The van der Waals surface area contributed by atoms with E-state index in [2.05, 4.69) is 21.3 Å². The van der Waals surface area contributed by atoms with Crippen LogP contribution in [0.3, 0.4) is 0 Å². The van der Waals surface area contributed by atoms with Crippen molar-refractivity contribution < 1.29 is 32.6 Å². The first-order chi connectivity index (χ1) is 18.3. The molecule has 0 radical (unpaired) electrons. The van der Waals surface area contributed by atoms with Crippen molar-refractivity contribution in [3.63, 3.8) is 0 Å². The molecule has 4 atom stereocenters. The van der Waals surface area contributed by atoms with Crippen molar-refractivity contribution in [2.45, 2.75) is 75.4 Å². The summed E-state index contributed by atoms with van der Waals surface area (Å²) in [7, 11) is 0. The van der Waals surface area contributed by atoms with Crippen molar-refractivity contribution in [3.8, 4) is 0 Å². The van der Waals surface area contributed by atoms with Crippen molar-refractivity contribution >= 4 is 17.7 Å². The summed E-state index contributed by atoms with van der Waals surface area (Å²) in [6.45, 7) is 3.83. The molecule has 0 aromatic carbocycles. The molecule has 0 unspecified atom stereocenters. The number of fused-ring (bicyclic) bond motifs is 3. The molecule has 38 heavy (non-hydrogen) atoms. The maximum absolute atomic E-state index is 13.8. The minimum absolute atomic E-state index is 0.000882. The summed E-state index contributed by atoms with van der Waals surface area (Å²) in [5.41, 5.74) is 0. The fourth-order valence-corrected chi connectivity index (χ4v) is 6.29. The van der Waals surface area contributed by atoms with Gasteiger partial charge in [0, 0.05) is 51.0 Å². The number of alkyl halides is 2. The van der Waals surface area contributed by atoms with Crippen LogP contribution < -0.4 is 21.3 Å². The molecule has 3 amide bonds. The second-order valence-corrected chi connectivity index (χ2v) is 11.1. The molecule has 1 aliphatic carbocycles. The van der Waals surface area contributed by atoms with Gasteiger partial charge in [0.1, 0.15) is 6.61 Å². The molecule has 4 aliphatic rings. The van der Waals surface area contributed by atoms with E-state index in [0.717, 1.165) is 25.9 Å². The second-order valence-electron chi connectivity index (χ2n) is 11.1. The van der Waals surface area contributed by atoms with E-state index in [1.54, 1.807) is 0 Å². The maximum atomic E-state index is 13.8. The maximum Gasteiger partial charge on any atom is 0.248 e. The third kappa shape index (κ3) is 8.56. The van der Waals surface area contributed by atoms with E-state index in [-0.39, 0.29) is 67.7 Å². The Hall–Kier alpha value is -1.89. The van der Waals surface area contributed by atoms with Gasteiger partial charge in [-0.05, 0) is 57.0 Å². The van der Waals surface area contributed by atoms with Crippen LogP contribution >= 0.6 is 0 Å². The van der Waals surface area contributed by atoms with Gasteiger partial charge in [0.15, 0.2) is 0 Å². The quantitative estimate of drug-likeness (QED) is 0.378. The molecule has 12 heteroatoms. The molecule has 3 aliphatic heterocycles. The first-order valence-electron chi connectivity index (χ1n) is 14.1. The summed E-state index contributed by atoms with van der Waals surface area (Å²) in [5.74, 6) is -2.55. The van der Waals surface area contributed by atoms with Gasteiger partial charge in [-0.3, -0.25) is 19.3 Å². The zero-order valence-electron chi connectivity index (χ0n) is 22.2.